The van der Waals surface area contributed by atoms with Gasteiger partial charge in [0.05, 0.1) is 30.5 Å². The number of rotatable bonds is 4. The van der Waals surface area contributed by atoms with Crippen LogP contribution in [0.5, 0.6) is 0 Å². The third-order valence-electron chi connectivity index (χ3n) is 5.65. The normalized spacial score (nSPS) is 12.9. The molecule has 2 aromatic carbocycles. The van der Waals surface area contributed by atoms with Gasteiger partial charge in [-0.15, -0.1) is 0 Å². The van der Waals surface area contributed by atoms with Crippen LogP contribution in [0.1, 0.15) is 21.9 Å². The van der Waals surface area contributed by atoms with Crippen LogP contribution >= 0.6 is 11.6 Å². The fourth-order valence-corrected chi connectivity index (χ4v) is 4.19. The number of aromatic nitrogens is 3. The number of amides is 3. The molecule has 0 saturated heterocycles. The molecule has 1 aliphatic heterocycles. The van der Waals surface area contributed by atoms with Crippen LogP contribution in [0.2, 0.25) is 5.02 Å². The zero-order valence-corrected chi connectivity index (χ0v) is 19.0. The largest absolute Gasteiger partial charge is 0.441 e. The van der Waals surface area contributed by atoms with Crippen LogP contribution in [0.15, 0.2) is 59.1 Å². The first kappa shape index (κ1) is 21.7. The number of urea groups is 1. The van der Waals surface area contributed by atoms with Crippen molar-refractivity contribution in [1.82, 2.24) is 19.7 Å². The van der Waals surface area contributed by atoms with Crippen LogP contribution in [0.4, 0.5) is 10.5 Å². The number of carbonyl (C=O) groups excluding carboxylic acids is 2. The molecule has 5 rings (SSSR count). The van der Waals surface area contributed by atoms with Gasteiger partial charge in [-0.3, -0.25) is 9.48 Å². The Morgan fingerprint density at radius 1 is 1.12 bits per heavy atom. The van der Waals surface area contributed by atoms with Crippen LogP contribution in [0.3, 0.4) is 0 Å². The van der Waals surface area contributed by atoms with E-state index < -0.39 is 5.91 Å². The molecular weight excluding hydrogens is 456 g/mol. The van der Waals surface area contributed by atoms with Gasteiger partial charge in [0, 0.05) is 35.3 Å². The van der Waals surface area contributed by atoms with Gasteiger partial charge in [-0.25, -0.2) is 9.78 Å². The number of nitrogens with one attached hydrogen (secondary N) is 1. The number of oxazole rings is 1. The number of aryl methyl sites for hydroxylation is 1. The molecule has 0 bridgehead atoms. The summed E-state index contributed by atoms with van der Waals surface area (Å²) in [4.78, 5) is 31.0. The molecular formula is C24H21ClN6O3. The molecule has 34 heavy (non-hydrogen) atoms. The van der Waals surface area contributed by atoms with E-state index >= 15 is 0 Å². The molecule has 3 heterocycles. The molecule has 2 aromatic heterocycles. The van der Waals surface area contributed by atoms with Gasteiger partial charge >= 0.3 is 6.03 Å². The molecule has 3 N–H and O–H groups in total. The molecule has 4 aromatic rings. The first-order chi connectivity index (χ1) is 16.4. The lowest BCUT2D eigenvalue weighted by atomic mass is 10.0. The molecule has 0 fully saturated rings. The average molecular weight is 477 g/mol. The quantitative estimate of drug-likeness (QED) is 0.454. The molecule has 0 aliphatic carbocycles. The minimum Gasteiger partial charge on any atom is -0.441 e. The molecule has 9 nitrogen and oxygen atoms in total. The molecule has 3 amide bonds. The zero-order chi connectivity index (χ0) is 23.8. The van der Waals surface area contributed by atoms with Crippen molar-refractivity contribution in [2.24, 2.45) is 5.73 Å². The Labute approximate surface area is 200 Å². The minimum atomic E-state index is -0.600. The molecule has 0 atom stereocenters. The second kappa shape index (κ2) is 8.68. The third-order valence-corrected chi connectivity index (χ3v) is 5.89. The fraction of sp³-hybridized carbons (Fsp3) is 0.167. The number of hydrogen-bond donors (Lipinski definition) is 2. The number of anilines is 1. The van der Waals surface area contributed by atoms with E-state index in [0.717, 1.165) is 5.56 Å². The first-order valence-corrected chi connectivity index (χ1v) is 11.0. The summed E-state index contributed by atoms with van der Waals surface area (Å²) in [6.45, 7) is 2.86. The van der Waals surface area contributed by atoms with Crippen LogP contribution in [0.25, 0.3) is 22.6 Å². The number of carbonyl (C=O) groups is 2. The summed E-state index contributed by atoms with van der Waals surface area (Å²) < 4.78 is 7.26. The number of benzene rings is 2. The van der Waals surface area contributed by atoms with Crippen LogP contribution in [-0.2, 0) is 13.1 Å². The van der Waals surface area contributed by atoms with Gasteiger partial charge in [-0.05, 0) is 36.4 Å². The molecule has 172 valence electrons. The molecule has 0 radical (unpaired) electrons. The van der Waals surface area contributed by atoms with Crippen molar-refractivity contribution in [2.45, 2.75) is 20.0 Å². The van der Waals surface area contributed by atoms with Crippen LogP contribution < -0.4 is 11.1 Å². The predicted molar refractivity (Wildman–Crippen MR) is 127 cm³/mol. The van der Waals surface area contributed by atoms with E-state index in [1.165, 1.54) is 0 Å². The summed E-state index contributed by atoms with van der Waals surface area (Å²) in [6.07, 6.45) is 1.66. The number of primary amides is 1. The van der Waals surface area contributed by atoms with E-state index in [1.54, 1.807) is 53.0 Å². The van der Waals surface area contributed by atoms with Gasteiger partial charge in [-0.2, -0.15) is 5.10 Å². The Morgan fingerprint density at radius 2 is 1.91 bits per heavy atom. The van der Waals surface area contributed by atoms with Crippen molar-refractivity contribution in [1.29, 1.82) is 0 Å². The highest BCUT2D eigenvalue weighted by molar-refractivity contribution is 6.30. The van der Waals surface area contributed by atoms with E-state index in [-0.39, 0.29) is 12.6 Å². The average Bonchev–Trinajstić information content (AvgIpc) is 3.43. The lowest BCUT2D eigenvalue weighted by molar-refractivity contribution is 0.0997. The predicted octanol–water partition coefficient (Wildman–Crippen LogP) is 4.31. The van der Waals surface area contributed by atoms with Crippen molar-refractivity contribution < 1.29 is 14.0 Å². The highest BCUT2D eigenvalue weighted by atomic mass is 35.5. The first-order valence-electron chi connectivity index (χ1n) is 10.6. The van der Waals surface area contributed by atoms with Crippen molar-refractivity contribution in [3.05, 3.63) is 76.9 Å². The maximum absolute atomic E-state index is 13.0. The van der Waals surface area contributed by atoms with Gasteiger partial charge < -0.3 is 20.4 Å². The Kier molecular flexibility index (Phi) is 5.54. The van der Waals surface area contributed by atoms with Crippen LogP contribution in [-0.4, -0.2) is 38.1 Å². The highest BCUT2D eigenvalue weighted by Crippen LogP contribution is 2.30. The lowest BCUT2D eigenvalue weighted by Gasteiger charge is -2.28. The monoisotopic (exact) mass is 476 g/mol. The van der Waals surface area contributed by atoms with E-state index in [4.69, 9.17) is 21.8 Å². The third kappa shape index (κ3) is 4.13. The minimum absolute atomic E-state index is 0.201. The maximum Gasteiger partial charge on any atom is 0.322 e. The number of fused-ring (bicyclic) bond motifs is 1. The SMILES string of the molecule is Cc1ncc(-c2ccc(NC(=O)N3CCn4nc(-c5cccc(Cl)c5)c(C(N)=O)c4C3)cc2)o1. The number of nitrogens with two attached hydrogens (primary N) is 1. The number of nitrogens with zero attached hydrogens (tertiary/aromatic N) is 4. The highest BCUT2D eigenvalue weighted by Gasteiger charge is 2.29. The summed E-state index contributed by atoms with van der Waals surface area (Å²) >= 11 is 6.12. The van der Waals surface area contributed by atoms with Crippen molar-refractivity contribution in [3.63, 3.8) is 0 Å². The zero-order valence-electron chi connectivity index (χ0n) is 18.3. The van der Waals surface area contributed by atoms with E-state index in [0.29, 0.717) is 58.0 Å². The van der Waals surface area contributed by atoms with Gasteiger partial charge in [0.25, 0.3) is 5.91 Å². The Bertz CT molecular complexity index is 1390. The summed E-state index contributed by atoms with van der Waals surface area (Å²) in [5.41, 5.74) is 9.26. The summed E-state index contributed by atoms with van der Waals surface area (Å²) in [5, 5.41) is 8.02. The smallest absolute Gasteiger partial charge is 0.322 e. The summed E-state index contributed by atoms with van der Waals surface area (Å²) in [5.74, 6) is 0.649. The van der Waals surface area contributed by atoms with Gasteiger partial charge in [-0.1, -0.05) is 23.7 Å². The molecule has 0 unspecified atom stereocenters. The number of hydrogen-bond acceptors (Lipinski definition) is 5. The van der Waals surface area contributed by atoms with Gasteiger partial charge in [0.1, 0.15) is 5.69 Å². The Morgan fingerprint density at radius 3 is 2.59 bits per heavy atom. The van der Waals surface area contributed by atoms with Crippen molar-refractivity contribution in [2.75, 3.05) is 11.9 Å². The fourth-order valence-electron chi connectivity index (χ4n) is 4.00. The van der Waals surface area contributed by atoms with E-state index in [1.807, 2.05) is 18.2 Å². The van der Waals surface area contributed by atoms with Crippen molar-refractivity contribution in [3.8, 4) is 22.6 Å². The number of halogens is 1. The molecule has 0 spiro atoms. The Hall–Kier alpha value is -4.11. The van der Waals surface area contributed by atoms with Gasteiger partial charge in [0.2, 0.25) is 0 Å². The Balaban J connectivity index is 1.35. The topological polar surface area (TPSA) is 119 Å². The summed E-state index contributed by atoms with van der Waals surface area (Å²) in [7, 11) is 0. The standard InChI is InChI=1S/C24H21ClN6O3/c1-14-27-12-20(34-14)15-5-7-18(8-6-15)28-24(33)30-9-10-31-19(13-30)21(23(26)32)22(29-31)16-3-2-4-17(25)11-16/h2-8,11-12H,9-10,13H2,1H3,(H2,26,32)(H,28,33). The van der Waals surface area contributed by atoms with Crippen LogP contribution in [0, 0.1) is 6.92 Å². The molecule has 1 aliphatic rings. The van der Waals surface area contributed by atoms with Crippen molar-refractivity contribution >= 4 is 29.2 Å². The molecule has 10 heteroatoms. The van der Waals surface area contributed by atoms with E-state index in [9.17, 15) is 9.59 Å². The second-order valence-corrected chi connectivity index (χ2v) is 8.38. The van der Waals surface area contributed by atoms with Gasteiger partial charge in [0.15, 0.2) is 11.7 Å². The maximum atomic E-state index is 13.0. The summed E-state index contributed by atoms with van der Waals surface area (Å²) in [6, 6.07) is 14.1. The van der Waals surface area contributed by atoms with E-state index in [2.05, 4.69) is 15.4 Å². The lowest BCUT2D eigenvalue weighted by Crippen LogP contribution is -2.41. The molecule has 0 saturated carbocycles. The second-order valence-electron chi connectivity index (χ2n) is 7.94.